The molecule has 0 aromatic heterocycles. The largest absolute Gasteiger partial charge is 0.481 e. The van der Waals surface area contributed by atoms with Crippen molar-refractivity contribution in [2.75, 3.05) is 6.54 Å². The van der Waals surface area contributed by atoms with Crippen molar-refractivity contribution in [2.24, 2.45) is 5.92 Å². The highest BCUT2D eigenvalue weighted by atomic mass is 35.5. The molecule has 1 unspecified atom stereocenters. The summed E-state index contributed by atoms with van der Waals surface area (Å²) in [5, 5.41) is 22.0. The SMILES string of the molecule is CCC(CNC(=O)c1cc([N+](=O)[O-])ccc1Cl)C(=O)O. The average molecular weight is 301 g/mol. The number of carbonyl (C=O) groups excluding carboxylic acids is 1. The third kappa shape index (κ3) is 3.92. The number of nitro groups is 1. The fourth-order valence-electron chi connectivity index (χ4n) is 1.52. The van der Waals surface area contributed by atoms with E-state index in [1.807, 2.05) is 0 Å². The lowest BCUT2D eigenvalue weighted by Gasteiger charge is -2.11. The number of halogens is 1. The lowest BCUT2D eigenvalue weighted by atomic mass is 10.1. The van der Waals surface area contributed by atoms with Crippen LogP contribution >= 0.6 is 11.6 Å². The fourth-order valence-corrected chi connectivity index (χ4v) is 1.72. The Morgan fingerprint density at radius 3 is 2.65 bits per heavy atom. The number of carbonyl (C=O) groups is 2. The molecule has 1 atom stereocenters. The molecule has 20 heavy (non-hydrogen) atoms. The molecule has 1 aromatic rings. The Labute approximate surface area is 119 Å². The summed E-state index contributed by atoms with van der Waals surface area (Å²) in [5.74, 6) is -2.37. The molecule has 1 rings (SSSR count). The zero-order chi connectivity index (χ0) is 15.3. The van der Waals surface area contributed by atoms with Crippen LogP contribution in [0.15, 0.2) is 18.2 Å². The fraction of sp³-hybridized carbons (Fsp3) is 0.333. The predicted molar refractivity (Wildman–Crippen MR) is 71.9 cm³/mol. The zero-order valence-electron chi connectivity index (χ0n) is 10.6. The van der Waals surface area contributed by atoms with Gasteiger partial charge in [-0.05, 0) is 12.5 Å². The number of nitrogens with one attached hydrogen (secondary N) is 1. The first-order valence-corrected chi connectivity index (χ1v) is 6.19. The highest BCUT2D eigenvalue weighted by Gasteiger charge is 2.19. The van der Waals surface area contributed by atoms with E-state index in [0.29, 0.717) is 6.42 Å². The molecule has 0 spiro atoms. The van der Waals surface area contributed by atoms with Crippen LogP contribution in [0.1, 0.15) is 23.7 Å². The van der Waals surface area contributed by atoms with E-state index in [1.165, 1.54) is 12.1 Å². The molecule has 0 saturated carbocycles. The van der Waals surface area contributed by atoms with Crippen LogP contribution < -0.4 is 5.32 Å². The molecule has 0 radical (unpaired) electrons. The Balaban J connectivity index is 2.84. The van der Waals surface area contributed by atoms with E-state index in [9.17, 15) is 19.7 Å². The average Bonchev–Trinajstić information content (AvgIpc) is 2.38. The number of nitrogens with zero attached hydrogens (tertiary/aromatic N) is 1. The van der Waals surface area contributed by atoms with E-state index in [4.69, 9.17) is 16.7 Å². The van der Waals surface area contributed by atoms with Gasteiger partial charge in [0.05, 0.1) is 21.4 Å². The Morgan fingerprint density at radius 2 is 2.15 bits per heavy atom. The standard InChI is InChI=1S/C12H13ClN2O5/c1-2-7(12(17)18)6-14-11(16)9-5-8(15(19)20)3-4-10(9)13/h3-5,7H,2,6H2,1H3,(H,14,16)(H,17,18). The summed E-state index contributed by atoms with van der Waals surface area (Å²) in [6, 6.07) is 3.49. The third-order valence-electron chi connectivity index (χ3n) is 2.76. The molecule has 8 heteroatoms. The van der Waals surface area contributed by atoms with Crippen molar-refractivity contribution in [3.05, 3.63) is 38.9 Å². The molecule has 0 bridgehead atoms. The lowest BCUT2D eigenvalue weighted by Crippen LogP contribution is -2.32. The van der Waals surface area contributed by atoms with Gasteiger partial charge >= 0.3 is 5.97 Å². The van der Waals surface area contributed by atoms with Gasteiger partial charge in [0.25, 0.3) is 11.6 Å². The molecule has 1 amide bonds. The number of nitro benzene ring substituents is 1. The summed E-state index contributed by atoms with van der Waals surface area (Å²) >= 11 is 5.81. The van der Waals surface area contributed by atoms with E-state index in [-0.39, 0.29) is 22.8 Å². The number of amides is 1. The minimum atomic E-state index is -1.02. The van der Waals surface area contributed by atoms with Crippen molar-refractivity contribution in [3.63, 3.8) is 0 Å². The number of aliphatic carboxylic acids is 1. The summed E-state index contributed by atoms with van der Waals surface area (Å²) in [7, 11) is 0. The molecule has 1 aromatic carbocycles. The van der Waals surface area contributed by atoms with Crippen molar-refractivity contribution in [3.8, 4) is 0 Å². The van der Waals surface area contributed by atoms with Gasteiger partial charge in [0.2, 0.25) is 0 Å². The van der Waals surface area contributed by atoms with Crippen LogP contribution in [-0.2, 0) is 4.79 Å². The summed E-state index contributed by atoms with van der Waals surface area (Å²) in [5.41, 5.74) is -0.314. The van der Waals surface area contributed by atoms with Crippen molar-refractivity contribution in [1.82, 2.24) is 5.32 Å². The van der Waals surface area contributed by atoms with Crippen LogP contribution in [0.4, 0.5) is 5.69 Å². The van der Waals surface area contributed by atoms with Crippen molar-refractivity contribution in [2.45, 2.75) is 13.3 Å². The smallest absolute Gasteiger partial charge is 0.308 e. The molecular weight excluding hydrogens is 288 g/mol. The second-order valence-electron chi connectivity index (χ2n) is 4.07. The van der Waals surface area contributed by atoms with E-state index < -0.39 is 22.7 Å². The first-order valence-electron chi connectivity index (χ1n) is 5.81. The van der Waals surface area contributed by atoms with Gasteiger partial charge in [-0.3, -0.25) is 19.7 Å². The second kappa shape index (κ2) is 6.85. The van der Waals surface area contributed by atoms with E-state index in [1.54, 1.807) is 6.92 Å². The van der Waals surface area contributed by atoms with Gasteiger partial charge in [-0.2, -0.15) is 0 Å². The molecular formula is C12H13ClN2O5. The van der Waals surface area contributed by atoms with Gasteiger partial charge in [-0.25, -0.2) is 0 Å². The maximum Gasteiger partial charge on any atom is 0.308 e. The minimum Gasteiger partial charge on any atom is -0.481 e. The number of carboxylic acids is 1. The monoisotopic (exact) mass is 300 g/mol. The van der Waals surface area contributed by atoms with Crippen LogP contribution in [0.2, 0.25) is 5.02 Å². The molecule has 0 heterocycles. The Bertz CT molecular complexity index is 547. The summed E-state index contributed by atoms with van der Waals surface area (Å²) < 4.78 is 0. The van der Waals surface area contributed by atoms with E-state index >= 15 is 0 Å². The van der Waals surface area contributed by atoms with Crippen LogP contribution in [-0.4, -0.2) is 28.5 Å². The molecule has 108 valence electrons. The topological polar surface area (TPSA) is 110 Å². The number of benzene rings is 1. The number of hydrogen-bond acceptors (Lipinski definition) is 4. The van der Waals surface area contributed by atoms with Crippen molar-refractivity contribution in [1.29, 1.82) is 0 Å². The van der Waals surface area contributed by atoms with Crippen molar-refractivity contribution < 1.29 is 19.6 Å². The minimum absolute atomic E-state index is 0.0545. The van der Waals surface area contributed by atoms with Gasteiger partial charge in [0.15, 0.2) is 0 Å². The summed E-state index contributed by atoms with van der Waals surface area (Å²) in [6.45, 7) is 1.62. The number of non-ortho nitro benzene ring substituents is 1. The van der Waals surface area contributed by atoms with E-state index in [2.05, 4.69) is 5.32 Å². The van der Waals surface area contributed by atoms with Crippen molar-refractivity contribution >= 4 is 29.2 Å². The zero-order valence-corrected chi connectivity index (χ0v) is 11.4. The Morgan fingerprint density at radius 1 is 1.50 bits per heavy atom. The Hall–Kier alpha value is -2.15. The number of rotatable bonds is 6. The summed E-state index contributed by atoms with van der Waals surface area (Å²) in [4.78, 5) is 32.7. The van der Waals surface area contributed by atoms with Gasteiger partial charge < -0.3 is 10.4 Å². The van der Waals surface area contributed by atoms with Crippen LogP contribution in [0.5, 0.6) is 0 Å². The number of hydrogen-bond donors (Lipinski definition) is 2. The van der Waals surface area contributed by atoms with E-state index in [0.717, 1.165) is 6.07 Å². The third-order valence-corrected chi connectivity index (χ3v) is 3.09. The molecule has 0 fully saturated rings. The lowest BCUT2D eigenvalue weighted by molar-refractivity contribution is -0.384. The predicted octanol–water partition coefficient (Wildman–Crippen LogP) is 2.09. The maximum atomic E-state index is 11.9. The van der Waals surface area contributed by atoms with Gasteiger partial charge in [-0.1, -0.05) is 18.5 Å². The first-order chi connectivity index (χ1) is 9.36. The quantitative estimate of drug-likeness (QED) is 0.617. The van der Waals surface area contributed by atoms with Crippen LogP contribution in [0.3, 0.4) is 0 Å². The van der Waals surface area contributed by atoms with Crippen LogP contribution in [0.25, 0.3) is 0 Å². The maximum absolute atomic E-state index is 11.9. The van der Waals surface area contributed by atoms with Gasteiger partial charge in [-0.15, -0.1) is 0 Å². The van der Waals surface area contributed by atoms with Gasteiger partial charge in [0.1, 0.15) is 0 Å². The highest BCUT2D eigenvalue weighted by molar-refractivity contribution is 6.33. The molecule has 7 nitrogen and oxygen atoms in total. The molecule has 0 aliphatic carbocycles. The molecule has 2 N–H and O–H groups in total. The molecule has 0 aliphatic rings. The first kappa shape index (κ1) is 15.9. The summed E-state index contributed by atoms with van der Waals surface area (Å²) in [6.07, 6.45) is 0.359. The molecule has 0 saturated heterocycles. The van der Waals surface area contributed by atoms with Crippen LogP contribution in [0, 0.1) is 16.0 Å². The Kier molecular flexibility index (Phi) is 5.45. The second-order valence-corrected chi connectivity index (χ2v) is 4.48. The molecule has 0 aliphatic heterocycles. The number of carboxylic acid groups (broad SMARTS) is 1. The highest BCUT2D eigenvalue weighted by Crippen LogP contribution is 2.22. The normalized spacial score (nSPS) is 11.7. The van der Waals surface area contributed by atoms with Gasteiger partial charge in [0, 0.05) is 18.7 Å².